The molecule has 0 saturated carbocycles. The molecule has 6 nitrogen and oxygen atoms in total. The number of rotatable bonds is 4. The van der Waals surface area contributed by atoms with Crippen LogP contribution in [-0.2, 0) is 0 Å². The lowest BCUT2D eigenvalue weighted by molar-refractivity contribution is 0.101. The highest BCUT2D eigenvalue weighted by Crippen LogP contribution is 2.29. The normalized spacial score (nSPS) is 10.8. The third-order valence-electron chi connectivity index (χ3n) is 4.02. The first kappa shape index (κ1) is 18.3. The van der Waals surface area contributed by atoms with Crippen LogP contribution >= 0.6 is 23.2 Å². The maximum atomic E-state index is 12.7. The molecule has 0 bridgehead atoms. The molecule has 2 aromatic heterocycles. The Bertz CT molecular complexity index is 1150. The van der Waals surface area contributed by atoms with Crippen LogP contribution in [0.3, 0.4) is 0 Å². The van der Waals surface area contributed by atoms with Crippen LogP contribution in [0.25, 0.3) is 17.0 Å². The standard InChI is InChI=1S/C20H14Cl2N4O2/c1-12-9-19(26(24-12)14-5-3-2-4-6-14)23-20(27)17-11-18(28-25-17)13-7-8-15(21)16(22)10-13/h2-11H,1H3,(H,23,27). The zero-order chi connectivity index (χ0) is 19.7. The first-order chi connectivity index (χ1) is 13.5. The largest absolute Gasteiger partial charge is 0.355 e. The summed E-state index contributed by atoms with van der Waals surface area (Å²) in [4.78, 5) is 12.7. The van der Waals surface area contributed by atoms with Crippen molar-refractivity contribution in [1.29, 1.82) is 0 Å². The Morgan fingerprint density at radius 3 is 2.57 bits per heavy atom. The number of hydrogen-bond acceptors (Lipinski definition) is 4. The Balaban J connectivity index is 1.59. The van der Waals surface area contributed by atoms with Gasteiger partial charge in [-0.15, -0.1) is 0 Å². The molecular formula is C20H14Cl2N4O2. The molecule has 2 aromatic carbocycles. The number of amides is 1. The van der Waals surface area contributed by atoms with Crippen molar-refractivity contribution < 1.29 is 9.32 Å². The van der Waals surface area contributed by atoms with Crippen LogP contribution < -0.4 is 5.32 Å². The van der Waals surface area contributed by atoms with Gasteiger partial charge in [-0.3, -0.25) is 4.79 Å². The summed E-state index contributed by atoms with van der Waals surface area (Å²) < 4.78 is 6.95. The van der Waals surface area contributed by atoms with E-state index in [2.05, 4.69) is 15.6 Å². The van der Waals surface area contributed by atoms with Crippen LogP contribution in [0.1, 0.15) is 16.2 Å². The van der Waals surface area contributed by atoms with E-state index < -0.39 is 5.91 Å². The van der Waals surface area contributed by atoms with E-state index in [0.29, 0.717) is 27.2 Å². The molecule has 1 N–H and O–H groups in total. The van der Waals surface area contributed by atoms with Gasteiger partial charge in [0.15, 0.2) is 11.5 Å². The molecule has 4 rings (SSSR count). The average molecular weight is 413 g/mol. The predicted octanol–water partition coefficient (Wildman–Crippen LogP) is 5.39. The molecule has 0 saturated heterocycles. The van der Waals surface area contributed by atoms with E-state index in [1.807, 2.05) is 37.3 Å². The second kappa shape index (κ2) is 7.50. The van der Waals surface area contributed by atoms with Crippen LogP contribution in [0.2, 0.25) is 10.0 Å². The van der Waals surface area contributed by atoms with Crippen molar-refractivity contribution in [3.8, 4) is 17.0 Å². The molecule has 0 aliphatic rings. The van der Waals surface area contributed by atoms with Gasteiger partial charge in [0.25, 0.3) is 5.91 Å². The summed E-state index contributed by atoms with van der Waals surface area (Å²) >= 11 is 12.0. The van der Waals surface area contributed by atoms with E-state index in [1.165, 1.54) is 0 Å². The maximum absolute atomic E-state index is 12.7. The topological polar surface area (TPSA) is 73.0 Å². The number of carbonyl (C=O) groups excluding carboxylic acids is 1. The average Bonchev–Trinajstić information content (AvgIpc) is 3.32. The number of carbonyl (C=O) groups is 1. The number of anilines is 1. The zero-order valence-electron chi connectivity index (χ0n) is 14.7. The van der Waals surface area contributed by atoms with Crippen molar-refractivity contribution in [3.05, 3.63) is 82.1 Å². The fourth-order valence-corrected chi connectivity index (χ4v) is 3.00. The summed E-state index contributed by atoms with van der Waals surface area (Å²) in [5, 5.41) is 11.9. The highest BCUT2D eigenvalue weighted by molar-refractivity contribution is 6.42. The number of aryl methyl sites for hydroxylation is 1. The highest BCUT2D eigenvalue weighted by Gasteiger charge is 2.17. The summed E-state index contributed by atoms with van der Waals surface area (Å²) in [5.74, 6) is 0.538. The maximum Gasteiger partial charge on any atom is 0.279 e. The molecule has 2 heterocycles. The van der Waals surface area contributed by atoms with Crippen molar-refractivity contribution >= 4 is 34.9 Å². The van der Waals surface area contributed by atoms with Crippen molar-refractivity contribution in [2.75, 3.05) is 5.32 Å². The summed E-state index contributed by atoms with van der Waals surface area (Å²) in [6.45, 7) is 1.85. The number of nitrogens with one attached hydrogen (secondary N) is 1. The monoisotopic (exact) mass is 412 g/mol. The second-order valence-corrected chi connectivity index (χ2v) is 6.89. The van der Waals surface area contributed by atoms with Gasteiger partial charge in [-0.05, 0) is 37.3 Å². The second-order valence-electron chi connectivity index (χ2n) is 6.08. The first-order valence-electron chi connectivity index (χ1n) is 8.37. The third-order valence-corrected chi connectivity index (χ3v) is 4.76. The Labute approximate surface area is 170 Å². The van der Waals surface area contributed by atoms with Crippen molar-refractivity contribution in [2.24, 2.45) is 0 Å². The van der Waals surface area contributed by atoms with Gasteiger partial charge in [0.05, 0.1) is 21.4 Å². The van der Waals surface area contributed by atoms with E-state index in [9.17, 15) is 4.79 Å². The van der Waals surface area contributed by atoms with Crippen molar-refractivity contribution in [3.63, 3.8) is 0 Å². The molecular weight excluding hydrogens is 399 g/mol. The molecule has 0 unspecified atom stereocenters. The van der Waals surface area contributed by atoms with E-state index >= 15 is 0 Å². The van der Waals surface area contributed by atoms with Crippen LogP contribution in [0, 0.1) is 6.92 Å². The number of para-hydroxylation sites is 1. The minimum Gasteiger partial charge on any atom is -0.355 e. The summed E-state index contributed by atoms with van der Waals surface area (Å²) in [6.07, 6.45) is 0. The van der Waals surface area contributed by atoms with Gasteiger partial charge in [-0.1, -0.05) is 46.6 Å². The minimum absolute atomic E-state index is 0.138. The lowest BCUT2D eigenvalue weighted by atomic mass is 10.1. The van der Waals surface area contributed by atoms with Crippen LogP contribution in [0.4, 0.5) is 5.82 Å². The van der Waals surface area contributed by atoms with Gasteiger partial charge >= 0.3 is 0 Å². The molecule has 1 amide bonds. The van der Waals surface area contributed by atoms with Crippen LogP contribution in [0.5, 0.6) is 0 Å². The lowest BCUT2D eigenvalue weighted by Gasteiger charge is -2.07. The molecule has 0 radical (unpaired) electrons. The Morgan fingerprint density at radius 1 is 1.04 bits per heavy atom. The summed E-state index contributed by atoms with van der Waals surface area (Å²) in [6, 6.07) is 17.9. The number of hydrogen-bond donors (Lipinski definition) is 1. The predicted molar refractivity (Wildman–Crippen MR) is 108 cm³/mol. The van der Waals surface area contributed by atoms with E-state index in [-0.39, 0.29) is 5.69 Å². The Morgan fingerprint density at radius 2 is 1.82 bits per heavy atom. The molecule has 0 fully saturated rings. The fourth-order valence-electron chi connectivity index (χ4n) is 2.70. The third kappa shape index (κ3) is 3.65. The van der Waals surface area contributed by atoms with Crippen molar-refractivity contribution in [2.45, 2.75) is 6.92 Å². The molecule has 4 aromatic rings. The summed E-state index contributed by atoms with van der Waals surface area (Å²) in [7, 11) is 0. The van der Waals surface area contributed by atoms with E-state index in [4.69, 9.17) is 27.7 Å². The number of benzene rings is 2. The molecule has 28 heavy (non-hydrogen) atoms. The quantitative estimate of drug-likeness (QED) is 0.487. The molecule has 140 valence electrons. The van der Waals surface area contributed by atoms with E-state index in [0.717, 1.165) is 11.4 Å². The number of aromatic nitrogens is 3. The zero-order valence-corrected chi connectivity index (χ0v) is 16.2. The molecule has 0 aliphatic carbocycles. The van der Waals surface area contributed by atoms with Gasteiger partial charge < -0.3 is 9.84 Å². The van der Waals surface area contributed by atoms with Crippen LogP contribution in [0.15, 0.2) is 65.2 Å². The number of nitrogens with zero attached hydrogens (tertiary/aromatic N) is 3. The van der Waals surface area contributed by atoms with Gasteiger partial charge in [-0.25, -0.2) is 4.68 Å². The smallest absolute Gasteiger partial charge is 0.279 e. The molecule has 8 heteroatoms. The van der Waals surface area contributed by atoms with Gasteiger partial charge in [0.2, 0.25) is 0 Å². The SMILES string of the molecule is Cc1cc(NC(=O)c2cc(-c3ccc(Cl)c(Cl)c3)on2)n(-c2ccccc2)n1. The summed E-state index contributed by atoms with van der Waals surface area (Å²) in [5.41, 5.74) is 2.42. The van der Waals surface area contributed by atoms with E-state index in [1.54, 1.807) is 35.0 Å². The molecule has 0 atom stereocenters. The van der Waals surface area contributed by atoms with Gasteiger partial charge in [-0.2, -0.15) is 5.10 Å². The first-order valence-corrected chi connectivity index (χ1v) is 9.12. The lowest BCUT2D eigenvalue weighted by Crippen LogP contribution is -2.15. The fraction of sp³-hybridized carbons (Fsp3) is 0.0500. The molecule has 0 spiro atoms. The van der Waals surface area contributed by atoms with Gasteiger partial charge in [0, 0.05) is 17.7 Å². The Kier molecular flexibility index (Phi) is 4.90. The number of halogens is 2. The van der Waals surface area contributed by atoms with Gasteiger partial charge in [0.1, 0.15) is 5.82 Å². The van der Waals surface area contributed by atoms with Crippen molar-refractivity contribution in [1.82, 2.24) is 14.9 Å². The Hall–Kier alpha value is -3.09. The molecule has 0 aliphatic heterocycles. The van der Waals surface area contributed by atoms with Crippen LogP contribution in [-0.4, -0.2) is 20.8 Å². The minimum atomic E-state index is -0.410. The highest BCUT2D eigenvalue weighted by atomic mass is 35.5.